The van der Waals surface area contributed by atoms with E-state index in [9.17, 15) is 0 Å². The van der Waals surface area contributed by atoms with Crippen LogP contribution < -0.4 is 11.8 Å². The fourth-order valence-electron chi connectivity index (χ4n) is 0.404. The number of hydrogen-bond donors (Lipinski definition) is 2. The molecule has 0 rings (SSSR count). The van der Waals surface area contributed by atoms with E-state index in [2.05, 4.69) is 9.68 Å². The second-order valence-electron chi connectivity index (χ2n) is 1.49. The maximum absolute atomic E-state index is 4.76. The molecule has 0 aromatic rings. The van der Waals surface area contributed by atoms with E-state index in [-0.39, 0.29) is 0 Å². The molecule has 0 spiro atoms. The topological polar surface area (TPSA) is 70.5 Å². The fraction of sp³-hybridized carbons (Fsp3) is 1.00. The first-order chi connectivity index (χ1) is 3.85. The van der Waals surface area contributed by atoms with Crippen LogP contribution in [0.15, 0.2) is 0 Å². The molecule has 0 aromatic heterocycles. The smallest absolute Gasteiger partial charge is 0.196 e. The Hall–Kier alpha value is -0.160. The first-order valence-corrected chi connectivity index (χ1v) is 2.56. The Balaban J connectivity index is 3.07. The third-order valence-electron chi connectivity index (χ3n) is 0.828. The first-order valence-electron chi connectivity index (χ1n) is 2.56. The normalized spacial score (nSPS) is 10.5. The molecule has 0 unspecified atom stereocenters. The van der Waals surface area contributed by atoms with Crippen LogP contribution in [-0.2, 0) is 9.68 Å². The Morgan fingerprint density at radius 2 is 1.88 bits per heavy atom. The van der Waals surface area contributed by atoms with Crippen molar-refractivity contribution in [1.82, 2.24) is 0 Å². The highest BCUT2D eigenvalue weighted by Gasteiger charge is 2.02. The lowest BCUT2D eigenvalue weighted by Crippen LogP contribution is -2.23. The molecule has 0 atom stereocenters. The first kappa shape index (κ1) is 7.84. The summed E-state index contributed by atoms with van der Waals surface area (Å²) in [5.41, 5.74) is 0. The van der Waals surface area contributed by atoms with E-state index in [0.717, 1.165) is 12.8 Å². The molecule has 4 nitrogen and oxygen atoms in total. The SMILES string of the molecule is CCCC(ON)ON. The minimum atomic E-state index is -0.444. The van der Waals surface area contributed by atoms with Crippen molar-refractivity contribution in [2.24, 2.45) is 11.8 Å². The van der Waals surface area contributed by atoms with Crippen molar-refractivity contribution in [1.29, 1.82) is 0 Å². The van der Waals surface area contributed by atoms with Gasteiger partial charge in [0.1, 0.15) is 0 Å². The molecule has 0 saturated carbocycles. The lowest BCUT2D eigenvalue weighted by Gasteiger charge is -2.08. The highest BCUT2D eigenvalue weighted by molar-refractivity contribution is 4.36. The monoisotopic (exact) mass is 120 g/mol. The second-order valence-corrected chi connectivity index (χ2v) is 1.49. The van der Waals surface area contributed by atoms with Crippen LogP contribution in [0.3, 0.4) is 0 Å². The second kappa shape index (κ2) is 4.99. The predicted molar refractivity (Wildman–Crippen MR) is 29.2 cm³/mol. The van der Waals surface area contributed by atoms with Crippen molar-refractivity contribution in [2.45, 2.75) is 26.1 Å². The van der Waals surface area contributed by atoms with Crippen LogP contribution in [-0.4, -0.2) is 6.29 Å². The molecule has 0 fully saturated rings. The molecule has 4 heteroatoms. The molecule has 0 aliphatic carbocycles. The number of hydrogen-bond acceptors (Lipinski definition) is 4. The van der Waals surface area contributed by atoms with E-state index in [0.29, 0.717) is 0 Å². The van der Waals surface area contributed by atoms with Crippen LogP contribution >= 0.6 is 0 Å². The molecule has 0 amide bonds. The van der Waals surface area contributed by atoms with Gasteiger partial charge in [0.25, 0.3) is 0 Å². The largest absolute Gasteiger partial charge is 0.271 e. The van der Waals surface area contributed by atoms with E-state index in [4.69, 9.17) is 11.8 Å². The van der Waals surface area contributed by atoms with Crippen molar-refractivity contribution in [3.63, 3.8) is 0 Å². The summed E-state index contributed by atoms with van der Waals surface area (Å²) in [6.07, 6.45) is 1.23. The molecule has 0 saturated heterocycles. The molecular formula is C4H12N2O2. The summed E-state index contributed by atoms with van der Waals surface area (Å²) < 4.78 is 0. The zero-order valence-corrected chi connectivity index (χ0v) is 4.96. The third-order valence-corrected chi connectivity index (χ3v) is 0.828. The molecule has 0 heterocycles. The molecular weight excluding hydrogens is 108 g/mol. The zero-order chi connectivity index (χ0) is 6.41. The Morgan fingerprint density at radius 1 is 1.38 bits per heavy atom. The minimum Gasteiger partial charge on any atom is -0.271 e. The summed E-state index contributed by atoms with van der Waals surface area (Å²) in [5.74, 6) is 9.53. The van der Waals surface area contributed by atoms with Gasteiger partial charge < -0.3 is 0 Å². The highest BCUT2D eigenvalue weighted by Crippen LogP contribution is 1.96. The van der Waals surface area contributed by atoms with E-state index >= 15 is 0 Å². The van der Waals surface area contributed by atoms with Crippen LogP contribution in [0.25, 0.3) is 0 Å². The molecule has 4 N–H and O–H groups in total. The summed E-state index contributed by atoms with van der Waals surface area (Å²) in [4.78, 5) is 8.59. The summed E-state index contributed by atoms with van der Waals surface area (Å²) in [6.45, 7) is 1.99. The highest BCUT2D eigenvalue weighted by atomic mass is 16.8. The van der Waals surface area contributed by atoms with Gasteiger partial charge in [-0.05, 0) is 0 Å². The van der Waals surface area contributed by atoms with Gasteiger partial charge in [-0.1, -0.05) is 13.3 Å². The molecule has 0 radical (unpaired) electrons. The Labute approximate surface area is 48.6 Å². The van der Waals surface area contributed by atoms with Crippen molar-refractivity contribution in [3.8, 4) is 0 Å². The van der Waals surface area contributed by atoms with Gasteiger partial charge in [-0.15, -0.1) is 0 Å². The van der Waals surface area contributed by atoms with Crippen LogP contribution in [0.2, 0.25) is 0 Å². The lowest BCUT2D eigenvalue weighted by atomic mass is 10.3. The number of rotatable bonds is 4. The lowest BCUT2D eigenvalue weighted by molar-refractivity contribution is -0.151. The molecule has 0 bridgehead atoms. The molecule has 0 aliphatic rings. The quantitative estimate of drug-likeness (QED) is 0.401. The molecule has 0 aromatic carbocycles. The van der Waals surface area contributed by atoms with Gasteiger partial charge in [0, 0.05) is 6.42 Å². The van der Waals surface area contributed by atoms with Gasteiger partial charge in [0.15, 0.2) is 6.29 Å². The van der Waals surface area contributed by atoms with Gasteiger partial charge in [-0.2, -0.15) is 0 Å². The maximum atomic E-state index is 4.76. The predicted octanol–water partition coefficient (Wildman–Crippen LogP) is -0.107. The van der Waals surface area contributed by atoms with Crippen LogP contribution in [0.5, 0.6) is 0 Å². The molecule has 0 aliphatic heterocycles. The van der Waals surface area contributed by atoms with Gasteiger partial charge in [0.2, 0.25) is 0 Å². The minimum absolute atomic E-state index is 0.444. The molecule has 50 valence electrons. The fourth-order valence-corrected chi connectivity index (χ4v) is 0.404. The zero-order valence-electron chi connectivity index (χ0n) is 4.96. The number of nitrogens with two attached hydrogens (primary N) is 2. The van der Waals surface area contributed by atoms with Crippen molar-refractivity contribution < 1.29 is 9.68 Å². The maximum Gasteiger partial charge on any atom is 0.196 e. The summed E-state index contributed by atoms with van der Waals surface area (Å²) in [6, 6.07) is 0. The average molecular weight is 120 g/mol. The van der Waals surface area contributed by atoms with E-state index in [1.54, 1.807) is 0 Å². The van der Waals surface area contributed by atoms with Gasteiger partial charge in [-0.25, -0.2) is 11.8 Å². The van der Waals surface area contributed by atoms with E-state index in [1.165, 1.54) is 0 Å². The van der Waals surface area contributed by atoms with Crippen LogP contribution in [0.1, 0.15) is 19.8 Å². The molecule has 8 heavy (non-hydrogen) atoms. The van der Waals surface area contributed by atoms with Gasteiger partial charge in [0.05, 0.1) is 0 Å². The van der Waals surface area contributed by atoms with Gasteiger partial charge in [-0.3, -0.25) is 9.68 Å². The van der Waals surface area contributed by atoms with E-state index < -0.39 is 6.29 Å². The van der Waals surface area contributed by atoms with Crippen LogP contribution in [0, 0.1) is 0 Å². The average Bonchev–Trinajstić information content (AvgIpc) is 1.83. The van der Waals surface area contributed by atoms with Crippen molar-refractivity contribution in [2.75, 3.05) is 0 Å². The summed E-state index contributed by atoms with van der Waals surface area (Å²) in [7, 11) is 0. The standard InChI is InChI=1S/C4H12N2O2/c1-2-3-4(7-5)8-6/h4H,2-3,5-6H2,1H3. The third kappa shape index (κ3) is 2.92. The van der Waals surface area contributed by atoms with Gasteiger partial charge >= 0.3 is 0 Å². The Kier molecular flexibility index (Phi) is 4.89. The van der Waals surface area contributed by atoms with Crippen molar-refractivity contribution in [3.05, 3.63) is 0 Å². The Bertz CT molecular complexity index is 47.3. The van der Waals surface area contributed by atoms with Crippen molar-refractivity contribution >= 4 is 0 Å². The summed E-state index contributed by atoms with van der Waals surface area (Å²) >= 11 is 0. The Morgan fingerprint density at radius 3 is 2.00 bits per heavy atom. The van der Waals surface area contributed by atoms with Crippen LogP contribution in [0.4, 0.5) is 0 Å². The summed E-state index contributed by atoms with van der Waals surface area (Å²) in [5, 5.41) is 0. The van der Waals surface area contributed by atoms with E-state index in [1.807, 2.05) is 6.92 Å².